The lowest BCUT2D eigenvalue weighted by Gasteiger charge is -2.34. The van der Waals surface area contributed by atoms with Crippen molar-refractivity contribution in [2.75, 3.05) is 19.6 Å². The number of fused-ring (bicyclic) bond motifs is 1. The molecule has 1 atom stereocenters. The van der Waals surface area contributed by atoms with Gasteiger partial charge in [0.05, 0.1) is 24.3 Å². The van der Waals surface area contributed by atoms with Crippen LogP contribution >= 0.6 is 0 Å². The lowest BCUT2D eigenvalue weighted by Crippen LogP contribution is -2.39. The minimum absolute atomic E-state index is 0.164. The Balaban J connectivity index is 1.37. The fourth-order valence-corrected chi connectivity index (χ4v) is 4.68. The third kappa shape index (κ3) is 5.90. The Morgan fingerprint density at radius 3 is 2.61 bits per heavy atom. The molecule has 33 heavy (non-hydrogen) atoms. The molecule has 0 spiro atoms. The van der Waals surface area contributed by atoms with Gasteiger partial charge >= 0.3 is 0 Å². The van der Waals surface area contributed by atoms with Gasteiger partial charge in [-0.15, -0.1) is 6.42 Å². The van der Waals surface area contributed by atoms with Gasteiger partial charge in [-0.2, -0.15) is 5.26 Å². The van der Waals surface area contributed by atoms with Crippen LogP contribution in [-0.4, -0.2) is 45.6 Å². The van der Waals surface area contributed by atoms with E-state index in [1.165, 1.54) is 5.56 Å². The van der Waals surface area contributed by atoms with Crippen LogP contribution in [0, 0.1) is 29.6 Å². The molecule has 2 heterocycles. The van der Waals surface area contributed by atoms with Crippen molar-refractivity contribution in [2.24, 2.45) is 5.92 Å². The van der Waals surface area contributed by atoms with Crippen LogP contribution in [0.2, 0.25) is 0 Å². The second-order valence-corrected chi connectivity index (χ2v) is 8.85. The highest BCUT2D eigenvalue weighted by Gasteiger charge is 2.26. The van der Waals surface area contributed by atoms with Gasteiger partial charge in [0.1, 0.15) is 11.3 Å². The van der Waals surface area contributed by atoms with E-state index in [1.54, 1.807) is 12.1 Å². The van der Waals surface area contributed by atoms with Gasteiger partial charge < -0.3 is 5.11 Å². The molecule has 1 aliphatic heterocycles. The number of aromatic nitrogens is 1. The summed E-state index contributed by atoms with van der Waals surface area (Å²) in [5, 5.41) is 21.0. The molecule has 2 aromatic carbocycles. The van der Waals surface area contributed by atoms with Crippen LogP contribution in [0.25, 0.3) is 10.9 Å². The van der Waals surface area contributed by atoms with Crippen molar-refractivity contribution in [3.63, 3.8) is 0 Å². The summed E-state index contributed by atoms with van der Waals surface area (Å²) in [6.07, 6.45) is 8.65. The summed E-state index contributed by atoms with van der Waals surface area (Å²) < 4.78 is 0. The molecule has 1 unspecified atom stereocenters. The maximum atomic E-state index is 10.2. The fourth-order valence-electron chi connectivity index (χ4n) is 4.68. The molecule has 168 valence electrons. The topological polar surface area (TPSA) is 63.4 Å². The molecular weight excluding hydrogens is 408 g/mol. The molecule has 3 aromatic rings. The molecule has 5 heteroatoms. The van der Waals surface area contributed by atoms with E-state index < -0.39 is 0 Å². The highest BCUT2D eigenvalue weighted by atomic mass is 16.3. The smallest absolute Gasteiger partial charge is 0.141 e. The summed E-state index contributed by atoms with van der Waals surface area (Å²) in [7, 11) is 0. The van der Waals surface area contributed by atoms with E-state index in [2.05, 4.69) is 52.2 Å². The molecular formula is C28H30N4O. The van der Waals surface area contributed by atoms with Crippen LogP contribution in [0.3, 0.4) is 0 Å². The van der Waals surface area contributed by atoms with Crippen LogP contribution in [-0.2, 0) is 13.1 Å². The number of nitrogens with zero attached hydrogens (tertiary/aromatic N) is 4. The number of terminal acetylenes is 1. The van der Waals surface area contributed by atoms with Gasteiger partial charge in [-0.1, -0.05) is 54.5 Å². The third-order valence-corrected chi connectivity index (χ3v) is 6.52. The van der Waals surface area contributed by atoms with Crippen molar-refractivity contribution in [1.29, 1.82) is 5.26 Å². The molecule has 1 aliphatic rings. The zero-order chi connectivity index (χ0) is 23.0. The summed E-state index contributed by atoms with van der Waals surface area (Å²) in [6.45, 7) is 3.97. The summed E-state index contributed by atoms with van der Waals surface area (Å²) in [4.78, 5) is 9.16. The second-order valence-electron chi connectivity index (χ2n) is 8.85. The Labute approximate surface area is 196 Å². The number of likely N-dealkylation sites (tertiary alicyclic amines) is 1. The first-order chi connectivity index (χ1) is 16.2. The van der Waals surface area contributed by atoms with Gasteiger partial charge in [0.2, 0.25) is 0 Å². The first kappa shape index (κ1) is 22.8. The molecule has 0 radical (unpaired) electrons. The molecule has 4 rings (SSSR count). The Bertz CT molecular complexity index is 1140. The first-order valence-electron chi connectivity index (χ1n) is 11.6. The molecule has 0 amide bonds. The van der Waals surface area contributed by atoms with E-state index in [4.69, 9.17) is 6.42 Å². The monoisotopic (exact) mass is 438 g/mol. The highest BCUT2D eigenvalue weighted by molar-refractivity contribution is 5.84. The Morgan fingerprint density at radius 2 is 1.88 bits per heavy atom. The van der Waals surface area contributed by atoms with E-state index in [1.807, 2.05) is 23.1 Å². The van der Waals surface area contributed by atoms with E-state index in [0.717, 1.165) is 50.0 Å². The summed E-state index contributed by atoms with van der Waals surface area (Å²) in [6, 6.07) is 22.1. The highest BCUT2D eigenvalue weighted by Crippen LogP contribution is 2.26. The van der Waals surface area contributed by atoms with Crippen LogP contribution in [0.5, 0.6) is 5.75 Å². The first-order valence-corrected chi connectivity index (χ1v) is 11.6. The predicted molar refractivity (Wildman–Crippen MR) is 131 cm³/mol. The van der Waals surface area contributed by atoms with Crippen molar-refractivity contribution in [3.05, 3.63) is 71.9 Å². The average molecular weight is 439 g/mol. The maximum absolute atomic E-state index is 10.2. The quantitative estimate of drug-likeness (QED) is 0.522. The number of nitriles is 1. The van der Waals surface area contributed by atoms with Crippen molar-refractivity contribution in [2.45, 2.75) is 38.4 Å². The lowest BCUT2D eigenvalue weighted by molar-refractivity contribution is 0.145. The van der Waals surface area contributed by atoms with Crippen LogP contribution in [0.15, 0.2) is 60.7 Å². The molecule has 1 aromatic heterocycles. The zero-order valence-electron chi connectivity index (χ0n) is 18.9. The van der Waals surface area contributed by atoms with Gasteiger partial charge in [0, 0.05) is 18.5 Å². The number of phenolic OH excluding ortho intramolecular Hbond substituents is 1. The van der Waals surface area contributed by atoms with Crippen molar-refractivity contribution in [3.8, 4) is 24.2 Å². The van der Waals surface area contributed by atoms with Gasteiger partial charge in [0.25, 0.3) is 0 Å². The number of hydrogen-bond donors (Lipinski definition) is 1. The number of phenols is 1. The fraction of sp³-hybridized carbons (Fsp3) is 0.357. The van der Waals surface area contributed by atoms with E-state index in [0.29, 0.717) is 24.5 Å². The van der Waals surface area contributed by atoms with Crippen molar-refractivity contribution in [1.82, 2.24) is 14.8 Å². The number of para-hydroxylation sites is 1. The molecule has 1 fully saturated rings. The third-order valence-electron chi connectivity index (χ3n) is 6.52. The van der Waals surface area contributed by atoms with Gasteiger partial charge in [-0.25, -0.2) is 4.98 Å². The van der Waals surface area contributed by atoms with Crippen molar-refractivity contribution < 1.29 is 5.11 Å². The average Bonchev–Trinajstić information content (AvgIpc) is 2.84. The number of aromatic hydroxyl groups is 1. The maximum Gasteiger partial charge on any atom is 0.141 e. The largest absolute Gasteiger partial charge is 0.506 e. The number of rotatable bonds is 8. The molecule has 1 saturated heterocycles. The van der Waals surface area contributed by atoms with Gasteiger partial charge in [-0.3, -0.25) is 9.80 Å². The Morgan fingerprint density at radius 1 is 1.09 bits per heavy atom. The van der Waals surface area contributed by atoms with Gasteiger partial charge in [-0.05, 0) is 56.0 Å². The van der Waals surface area contributed by atoms with Crippen LogP contribution in [0.4, 0.5) is 0 Å². The van der Waals surface area contributed by atoms with Crippen molar-refractivity contribution >= 4 is 10.9 Å². The predicted octanol–water partition coefficient (Wildman–Crippen LogP) is 4.57. The van der Waals surface area contributed by atoms with E-state index >= 15 is 0 Å². The minimum Gasteiger partial charge on any atom is -0.506 e. The molecule has 1 N–H and O–H groups in total. The van der Waals surface area contributed by atoms with E-state index in [-0.39, 0.29) is 11.8 Å². The van der Waals surface area contributed by atoms with Crippen LogP contribution < -0.4 is 0 Å². The standard InChI is InChI=1S/C28H30N4O/c1-2-15-32(21-25-12-11-24-9-6-10-27(33)28(24)30-25)26(19-29)18-22-13-16-31(17-14-22)20-23-7-4-3-5-8-23/h1,3-12,22,26,33H,13-18,20-21H2. The zero-order valence-corrected chi connectivity index (χ0v) is 18.9. The molecule has 0 aliphatic carbocycles. The molecule has 5 nitrogen and oxygen atoms in total. The minimum atomic E-state index is -0.256. The normalized spacial score (nSPS) is 15.8. The molecule has 0 bridgehead atoms. The summed E-state index contributed by atoms with van der Waals surface area (Å²) in [5.74, 6) is 3.39. The number of hydrogen-bond acceptors (Lipinski definition) is 5. The number of piperidine rings is 1. The Hall–Kier alpha value is -3.38. The summed E-state index contributed by atoms with van der Waals surface area (Å²) >= 11 is 0. The Kier molecular flexibility index (Phi) is 7.58. The van der Waals surface area contributed by atoms with Crippen LogP contribution in [0.1, 0.15) is 30.5 Å². The van der Waals surface area contributed by atoms with E-state index in [9.17, 15) is 10.4 Å². The molecule has 0 saturated carbocycles. The second kappa shape index (κ2) is 11.0. The number of pyridine rings is 1. The van der Waals surface area contributed by atoms with Gasteiger partial charge in [0.15, 0.2) is 0 Å². The lowest BCUT2D eigenvalue weighted by atomic mass is 9.89. The summed E-state index contributed by atoms with van der Waals surface area (Å²) in [5.41, 5.74) is 2.73. The number of benzene rings is 2. The SMILES string of the molecule is C#CCN(Cc1ccc2cccc(O)c2n1)C(C#N)CC1CCN(Cc2ccccc2)CC1.